The maximum absolute atomic E-state index is 12.4. The van der Waals surface area contributed by atoms with E-state index in [1.807, 2.05) is 0 Å². The van der Waals surface area contributed by atoms with Gasteiger partial charge in [0.1, 0.15) is 3.70 Å². The summed E-state index contributed by atoms with van der Waals surface area (Å²) >= 11 is 1.77. The fourth-order valence-corrected chi connectivity index (χ4v) is 1.45. The largest absolute Gasteiger partial charge is 0.416 e. The molecule has 1 aromatic rings. The van der Waals surface area contributed by atoms with Gasteiger partial charge in [0, 0.05) is 6.20 Å². The predicted molar refractivity (Wildman–Crippen MR) is 51.3 cm³/mol. The summed E-state index contributed by atoms with van der Waals surface area (Å²) in [5, 5.41) is 0. The SMILES string of the molecule is CCc1cnc(I)cc1C(F)(F)F. The molecule has 0 saturated heterocycles. The number of rotatable bonds is 1. The monoisotopic (exact) mass is 301 g/mol. The number of aryl methyl sites for hydroxylation is 1. The first-order valence-corrected chi connectivity index (χ1v) is 4.74. The summed E-state index contributed by atoms with van der Waals surface area (Å²) in [5.41, 5.74) is -0.331. The highest BCUT2D eigenvalue weighted by Crippen LogP contribution is 2.32. The van der Waals surface area contributed by atoms with Gasteiger partial charge in [-0.3, -0.25) is 4.98 Å². The van der Waals surface area contributed by atoms with Gasteiger partial charge in [-0.1, -0.05) is 6.92 Å². The lowest BCUT2D eigenvalue weighted by atomic mass is 10.1. The number of halogens is 4. The molecule has 1 rings (SSSR count). The number of alkyl halides is 3. The molecule has 0 radical (unpaired) electrons. The van der Waals surface area contributed by atoms with Crippen LogP contribution in [-0.4, -0.2) is 4.98 Å². The maximum Gasteiger partial charge on any atom is 0.416 e. The zero-order valence-electron chi connectivity index (χ0n) is 6.82. The zero-order valence-corrected chi connectivity index (χ0v) is 8.98. The van der Waals surface area contributed by atoms with Crippen molar-refractivity contribution in [3.05, 3.63) is 27.1 Å². The third kappa shape index (κ3) is 2.55. The lowest BCUT2D eigenvalue weighted by Gasteiger charge is -2.10. The Kier molecular flexibility index (Phi) is 3.15. The summed E-state index contributed by atoms with van der Waals surface area (Å²) in [6.45, 7) is 1.68. The third-order valence-electron chi connectivity index (χ3n) is 1.64. The Balaban J connectivity index is 3.24. The molecule has 0 bridgehead atoms. The summed E-state index contributed by atoms with van der Waals surface area (Å²) in [5.74, 6) is 0. The van der Waals surface area contributed by atoms with E-state index in [2.05, 4.69) is 4.98 Å². The average Bonchev–Trinajstić information content (AvgIpc) is 2.03. The molecular weight excluding hydrogens is 294 g/mol. The first kappa shape index (κ1) is 10.7. The van der Waals surface area contributed by atoms with Gasteiger partial charge >= 0.3 is 6.18 Å². The summed E-state index contributed by atoms with van der Waals surface area (Å²) in [4.78, 5) is 3.81. The van der Waals surface area contributed by atoms with Gasteiger partial charge in [-0.25, -0.2) is 0 Å². The van der Waals surface area contributed by atoms with Crippen LogP contribution in [0.2, 0.25) is 0 Å². The normalized spacial score (nSPS) is 11.8. The minimum atomic E-state index is -4.27. The van der Waals surface area contributed by atoms with E-state index in [1.165, 1.54) is 6.20 Å². The number of aromatic nitrogens is 1. The standard InChI is InChI=1S/C8H7F3IN/c1-2-5-4-13-7(12)3-6(5)8(9,10)11/h3-4H,2H2,1H3. The van der Waals surface area contributed by atoms with Crippen molar-refractivity contribution in [3.63, 3.8) is 0 Å². The van der Waals surface area contributed by atoms with Crippen molar-refractivity contribution in [3.8, 4) is 0 Å². The predicted octanol–water partition coefficient (Wildman–Crippen LogP) is 3.27. The van der Waals surface area contributed by atoms with Gasteiger partial charge in [-0.15, -0.1) is 0 Å². The molecule has 0 fully saturated rings. The van der Waals surface area contributed by atoms with Crippen molar-refractivity contribution in [1.29, 1.82) is 0 Å². The van der Waals surface area contributed by atoms with Crippen molar-refractivity contribution >= 4 is 22.6 Å². The van der Waals surface area contributed by atoms with E-state index in [4.69, 9.17) is 0 Å². The first-order chi connectivity index (χ1) is 5.95. The van der Waals surface area contributed by atoms with Gasteiger partial charge in [0.25, 0.3) is 0 Å². The molecule has 0 aromatic carbocycles. The van der Waals surface area contributed by atoms with Crippen molar-refractivity contribution in [2.45, 2.75) is 19.5 Å². The lowest BCUT2D eigenvalue weighted by Crippen LogP contribution is -2.09. The number of pyridine rings is 1. The Morgan fingerprint density at radius 1 is 1.46 bits per heavy atom. The highest BCUT2D eigenvalue weighted by Gasteiger charge is 2.33. The Bertz CT molecular complexity index is 309. The van der Waals surface area contributed by atoms with Crippen LogP contribution in [0.1, 0.15) is 18.1 Å². The molecule has 0 aliphatic heterocycles. The van der Waals surface area contributed by atoms with Gasteiger partial charge < -0.3 is 0 Å². The highest BCUT2D eigenvalue weighted by atomic mass is 127. The van der Waals surface area contributed by atoms with Crippen LogP contribution in [0.15, 0.2) is 12.3 Å². The molecule has 0 spiro atoms. The maximum atomic E-state index is 12.4. The molecular formula is C8H7F3IN. The van der Waals surface area contributed by atoms with Crippen molar-refractivity contribution in [1.82, 2.24) is 4.98 Å². The van der Waals surface area contributed by atoms with Gasteiger partial charge in [0.05, 0.1) is 5.56 Å². The minimum absolute atomic E-state index is 0.243. The summed E-state index contributed by atoms with van der Waals surface area (Å²) in [6, 6.07) is 1.07. The third-order valence-corrected chi connectivity index (χ3v) is 2.23. The minimum Gasteiger partial charge on any atom is -0.250 e. The fourth-order valence-electron chi connectivity index (χ4n) is 1.00. The van der Waals surface area contributed by atoms with Crippen molar-refractivity contribution in [2.75, 3.05) is 0 Å². The summed E-state index contributed by atoms with van der Waals surface area (Å²) < 4.78 is 37.5. The van der Waals surface area contributed by atoms with E-state index in [0.717, 1.165) is 6.07 Å². The second kappa shape index (κ2) is 3.81. The fraction of sp³-hybridized carbons (Fsp3) is 0.375. The lowest BCUT2D eigenvalue weighted by molar-refractivity contribution is -0.138. The smallest absolute Gasteiger partial charge is 0.250 e. The molecule has 0 aliphatic carbocycles. The van der Waals surface area contributed by atoms with E-state index in [1.54, 1.807) is 29.5 Å². The van der Waals surface area contributed by atoms with E-state index in [-0.39, 0.29) is 5.56 Å². The molecule has 0 aliphatic rings. The number of hydrogen-bond donors (Lipinski definition) is 0. The Hall–Kier alpha value is -0.330. The van der Waals surface area contributed by atoms with Gasteiger partial charge in [-0.2, -0.15) is 13.2 Å². The Labute approximate surface area is 87.5 Å². The van der Waals surface area contributed by atoms with Crippen LogP contribution in [-0.2, 0) is 12.6 Å². The van der Waals surface area contributed by atoms with Gasteiger partial charge in [0.15, 0.2) is 0 Å². The summed E-state index contributed by atoms with van der Waals surface area (Å²) in [6.07, 6.45) is -2.64. The second-order valence-corrected chi connectivity index (χ2v) is 3.62. The van der Waals surface area contributed by atoms with Crippen molar-refractivity contribution in [2.24, 2.45) is 0 Å². The van der Waals surface area contributed by atoms with Gasteiger partial charge in [-0.05, 0) is 40.6 Å². The van der Waals surface area contributed by atoms with E-state index in [9.17, 15) is 13.2 Å². The molecule has 0 saturated carbocycles. The van der Waals surface area contributed by atoms with E-state index >= 15 is 0 Å². The number of nitrogens with zero attached hydrogens (tertiary/aromatic N) is 1. The molecule has 0 atom stereocenters. The molecule has 72 valence electrons. The molecule has 1 heterocycles. The first-order valence-electron chi connectivity index (χ1n) is 3.66. The summed E-state index contributed by atoms with van der Waals surface area (Å²) in [7, 11) is 0. The molecule has 5 heteroatoms. The molecule has 0 unspecified atom stereocenters. The van der Waals surface area contributed by atoms with Crippen LogP contribution in [0.5, 0.6) is 0 Å². The van der Waals surface area contributed by atoms with E-state index < -0.39 is 11.7 Å². The quantitative estimate of drug-likeness (QED) is 0.573. The average molecular weight is 301 g/mol. The molecule has 13 heavy (non-hydrogen) atoms. The van der Waals surface area contributed by atoms with Crippen LogP contribution in [0.25, 0.3) is 0 Å². The van der Waals surface area contributed by atoms with Crippen LogP contribution in [0, 0.1) is 3.70 Å². The molecule has 1 aromatic heterocycles. The molecule has 0 amide bonds. The zero-order chi connectivity index (χ0) is 10.1. The van der Waals surface area contributed by atoms with Crippen LogP contribution in [0.4, 0.5) is 13.2 Å². The van der Waals surface area contributed by atoms with E-state index in [0.29, 0.717) is 10.1 Å². The Morgan fingerprint density at radius 2 is 2.08 bits per heavy atom. The number of hydrogen-bond acceptors (Lipinski definition) is 1. The second-order valence-electron chi connectivity index (χ2n) is 2.52. The van der Waals surface area contributed by atoms with Crippen LogP contribution in [0.3, 0.4) is 0 Å². The highest BCUT2D eigenvalue weighted by molar-refractivity contribution is 14.1. The van der Waals surface area contributed by atoms with Crippen LogP contribution >= 0.6 is 22.6 Å². The topological polar surface area (TPSA) is 12.9 Å². The van der Waals surface area contributed by atoms with Crippen molar-refractivity contribution < 1.29 is 13.2 Å². The van der Waals surface area contributed by atoms with Gasteiger partial charge in [0.2, 0.25) is 0 Å². The Morgan fingerprint density at radius 3 is 2.54 bits per heavy atom. The van der Waals surface area contributed by atoms with Crippen LogP contribution < -0.4 is 0 Å². The molecule has 0 N–H and O–H groups in total. The molecule has 1 nitrogen and oxygen atoms in total.